The van der Waals surface area contributed by atoms with Crippen LogP contribution in [0.4, 0.5) is 5.13 Å². The van der Waals surface area contributed by atoms with E-state index in [4.69, 9.17) is 0 Å². The summed E-state index contributed by atoms with van der Waals surface area (Å²) in [5.41, 5.74) is 3.34. The summed E-state index contributed by atoms with van der Waals surface area (Å²) < 4.78 is 0. The van der Waals surface area contributed by atoms with Gasteiger partial charge in [0, 0.05) is 16.9 Å². The smallest absolute Gasteiger partial charge is 0.229 e. The number of anilines is 1. The number of hydrogen-bond donors (Lipinski definition) is 2. The second kappa shape index (κ2) is 8.43. The third-order valence-electron chi connectivity index (χ3n) is 4.10. The molecule has 1 amide bonds. The van der Waals surface area contributed by atoms with Crippen molar-refractivity contribution in [1.82, 2.24) is 10.3 Å². The number of piperidine rings is 1. The van der Waals surface area contributed by atoms with Crippen LogP contribution >= 0.6 is 23.7 Å². The van der Waals surface area contributed by atoms with Crippen molar-refractivity contribution in [3.8, 4) is 11.3 Å². The summed E-state index contributed by atoms with van der Waals surface area (Å²) in [5, 5.41) is 8.93. The topological polar surface area (TPSA) is 54.0 Å². The number of rotatable bonds is 4. The third kappa shape index (κ3) is 4.53. The Labute approximate surface area is 147 Å². The minimum absolute atomic E-state index is 0. The van der Waals surface area contributed by atoms with E-state index in [1.54, 1.807) is 0 Å². The lowest BCUT2D eigenvalue weighted by atomic mass is 9.97. The van der Waals surface area contributed by atoms with Gasteiger partial charge in [-0.05, 0) is 37.9 Å². The second-order valence-electron chi connectivity index (χ2n) is 5.60. The summed E-state index contributed by atoms with van der Waals surface area (Å²) in [6, 6.07) is 8.43. The maximum atomic E-state index is 12.2. The summed E-state index contributed by atoms with van der Waals surface area (Å²) in [6.45, 7) is 3.99. The molecule has 2 heterocycles. The molecule has 0 saturated carbocycles. The van der Waals surface area contributed by atoms with Gasteiger partial charge in [-0.2, -0.15) is 0 Å². The van der Waals surface area contributed by atoms with Crippen molar-refractivity contribution in [3.63, 3.8) is 0 Å². The number of aryl methyl sites for hydroxylation is 1. The van der Waals surface area contributed by atoms with Crippen molar-refractivity contribution in [2.24, 2.45) is 5.92 Å². The Hall–Kier alpha value is -1.43. The first kappa shape index (κ1) is 17.9. The van der Waals surface area contributed by atoms with E-state index in [2.05, 4.69) is 46.8 Å². The van der Waals surface area contributed by atoms with Crippen LogP contribution in [0, 0.1) is 5.92 Å². The van der Waals surface area contributed by atoms with Crippen molar-refractivity contribution in [1.29, 1.82) is 0 Å². The van der Waals surface area contributed by atoms with Crippen LogP contribution in [0.15, 0.2) is 29.6 Å². The zero-order valence-corrected chi connectivity index (χ0v) is 14.8. The number of nitrogens with one attached hydrogen (secondary N) is 2. The molecule has 1 aromatic carbocycles. The van der Waals surface area contributed by atoms with Crippen LogP contribution < -0.4 is 10.6 Å². The molecular weight excluding hydrogens is 330 g/mol. The molecule has 1 aromatic heterocycles. The number of amides is 1. The van der Waals surface area contributed by atoms with Gasteiger partial charge < -0.3 is 10.6 Å². The van der Waals surface area contributed by atoms with Crippen LogP contribution in [0.1, 0.15) is 25.3 Å². The molecule has 2 aromatic rings. The van der Waals surface area contributed by atoms with Gasteiger partial charge in [-0.3, -0.25) is 4.79 Å². The van der Waals surface area contributed by atoms with E-state index in [1.807, 2.05) is 5.38 Å². The molecule has 2 N–H and O–H groups in total. The fourth-order valence-corrected chi connectivity index (χ4v) is 3.39. The van der Waals surface area contributed by atoms with E-state index in [1.165, 1.54) is 16.9 Å². The molecular formula is C17H22ClN3OS. The van der Waals surface area contributed by atoms with E-state index in [0.29, 0.717) is 5.13 Å². The van der Waals surface area contributed by atoms with Gasteiger partial charge in [0.2, 0.25) is 5.91 Å². The van der Waals surface area contributed by atoms with Gasteiger partial charge in [0.25, 0.3) is 0 Å². The lowest BCUT2D eigenvalue weighted by molar-refractivity contribution is -0.120. The zero-order valence-electron chi connectivity index (χ0n) is 13.2. The normalized spacial score (nSPS) is 15.0. The quantitative estimate of drug-likeness (QED) is 0.882. The summed E-state index contributed by atoms with van der Waals surface area (Å²) in [7, 11) is 0. The molecule has 1 aliphatic rings. The SMILES string of the molecule is CCc1ccc(-c2csc(NC(=O)C3CCNCC3)n2)cc1.Cl. The molecule has 1 fully saturated rings. The highest BCUT2D eigenvalue weighted by Gasteiger charge is 2.21. The van der Waals surface area contributed by atoms with E-state index in [-0.39, 0.29) is 24.2 Å². The first-order chi connectivity index (χ1) is 10.8. The van der Waals surface area contributed by atoms with Gasteiger partial charge in [0.15, 0.2) is 5.13 Å². The number of thiazole rings is 1. The molecule has 6 heteroatoms. The average molecular weight is 352 g/mol. The fraction of sp³-hybridized carbons (Fsp3) is 0.412. The highest BCUT2D eigenvalue weighted by atomic mass is 35.5. The second-order valence-corrected chi connectivity index (χ2v) is 6.46. The lowest BCUT2D eigenvalue weighted by Gasteiger charge is -2.20. The lowest BCUT2D eigenvalue weighted by Crippen LogP contribution is -2.34. The van der Waals surface area contributed by atoms with E-state index >= 15 is 0 Å². The van der Waals surface area contributed by atoms with Crippen LogP contribution in [-0.4, -0.2) is 24.0 Å². The molecule has 124 valence electrons. The van der Waals surface area contributed by atoms with Gasteiger partial charge in [-0.25, -0.2) is 4.98 Å². The molecule has 1 saturated heterocycles. The third-order valence-corrected chi connectivity index (χ3v) is 4.86. The van der Waals surface area contributed by atoms with Gasteiger partial charge in [-0.15, -0.1) is 23.7 Å². The summed E-state index contributed by atoms with van der Waals surface area (Å²) >= 11 is 1.49. The van der Waals surface area contributed by atoms with Gasteiger partial charge >= 0.3 is 0 Å². The molecule has 3 rings (SSSR count). The van der Waals surface area contributed by atoms with Crippen LogP contribution in [-0.2, 0) is 11.2 Å². The van der Waals surface area contributed by atoms with Crippen molar-refractivity contribution < 1.29 is 4.79 Å². The van der Waals surface area contributed by atoms with Gasteiger partial charge in [-0.1, -0.05) is 31.2 Å². The van der Waals surface area contributed by atoms with Crippen molar-refractivity contribution in [2.75, 3.05) is 18.4 Å². The Balaban J connectivity index is 0.00000192. The number of benzene rings is 1. The van der Waals surface area contributed by atoms with Gasteiger partial charge in [0.05, 0.1) is 5.69 Å². The molecule has 0 atom stereocenters. The summed E-state index contributed by atoms with van der Waals surface area (Å²) in [6.07, 6.45) is 2.85. The van der Waals surface area contributed by atoms with Crippen molar-refractivity contribution >= 4 is 34.8 Å². The van der Waals surface area contributed by atoms with Crippen LogP contribution in [0.3, 0.4) is 0 Å². The number of aromatic nitrogens is 1. The monoisotopic (exact) mass is 351 g/mol. The van der Waals surface area contributed by atoms with Gasteiger partial charge in [0.1, 0.15) is 0 Å². The Bertz CT molecular complexity index is 636. The van der Waals surface area contributed by atoms with E-state index < -0.39 is 0 Å². The van der Waals surface area contributed by atoms with Crippen LogP contribution in [0.2, 0.25) is 0 Å². The number of carbonyl (C=O) groups excluding carboxylic acids is 1. The van der Waals surface area contributed by atoms with Crippen molar-refractivity contribution in [2.45, 2.75) is 26.2 Å². The number of halogens is 1. The number of carbonyl (C=O) groups is 1. The predicted molar refractivity (Wildman–Crippen MR) is 98.4 cm³/mol. The first-order valence-electron chi connectivity index (χ1n) is 7.82. The Morgan fingerprint density at radius 1 is 1.30 bits per heavy atom. The van der Waals surface area contributed by atoms with Crippen LogP contribution in [0.25, 0.3) is 11.3 Å². The van der Waals surface area contributed by atoms with E-state index in [0.717, 1.165) is 43.6 Å². The maximum Gasteiger partial charge on any atom is 0.229 e. The minimum Gasteiger partial charge on any atom is -0.317 e. The number of hydrogen-bond acceptors (Lipinski definition) is 4. The summed E-state index contributed by atoms with van der Waals surface area (Å²) in [5.74, 6) is 0.209. The zero-order chi connectivity index (χ0) is 15.4. The van der Waals surface area contributed by atoms with Crippen LogP contribution in [0.5, 0.6) is 0 Å². The first-order valence-corrected chi connectivity index (χ1v) is 8.70. The largest absolute Gasteiger partial charge is 0.317 e. The molecule has 0 bridgehead atoms. The molecule has 23 heavy (non-hydrogen) atoms. The number of nitrogens with zero attached hydrogens (tertiary/aromatic N) is 1. The highest BCUT2D eigenvalue weighted by molar-refractivity contribution is 7.14. The van der Waals surface area contributed by atoms with Crippen molar-refractivity contribution in [3.05, 3.63) is 35.2 Å². The standard InChI is InChI=1S/C17H21N3OS.ClH/c1-2-12-3-5-13(6-4-12)15-11-22-17(19-15)20-16(21)14-7-9-18-10-8-14;/h3-6,11,14,18H,2,7-10H2,1H3,(H,19,20,21);1H. The molecule has 1 aliphatic heterocycles. The molecule has 4 nitrogen and oxygen atoms in total. The minimum atomic E-state index is 0. The average Bonchev–Trinajstić information content (AvgIpc) is 3.04. The predicted octanol–water partition coefficient (Wildman–Crippen LogP) is 3.73. The maximum absolute atomic E-state index is 12.2. The molecule has 0 aliphatic carbocycles. The molecule has 0 spiro atoms. The van der Waals surface area contributed by atoms with E-state index in [9.17, 15) is 4.79 Å². The Morgan fingerprint density at radius 3 is 2.65 bits per heavy atom. The molecule has 0 unspecified atom stereocenters. The highest BCUT2D eigenvalue weighted by Crippen LogP contribution is 2.26. The molecule has 0 radical (unpaired) electrons. The Kier molecular flexibility index (Phi) is 6.57. The summed E-state index contributed by atoms with van der Waals surface area (Å²) in [4.78, 5) is 16.8. The fourth-order valence-electron chi connectivity index (χ4n) is 2.67. The Morgan fingerprint density at radius 2 is 2.00 bits per heavy atom.